The van der Waals surface area contributed by atoms with Crippen LogP contribution >= 0.6 is 0 Å². The number of rotatable bonds is 3. The minimum Gasteiger partial charge on any atom is -0.347 e. The highest BCUT2D eigenvalue weighted by molar-refractivity contribution is 5.93. The van der Waals surface area contributed by atoms with E-state index in [0.717, 1.165) is 11.4 Å². The number of hydrogen-bond acceptors (Lipinski definition) is 3. The van der Waals surface area contributed by atoms with Crippen LogP contribution in [0.25, 0.3) is 0 Å². The largest absolute Gasteiger partial charge is 0.347 e. The maximum absolute atomic E-state index is 11.7. The lowest BCUT2D eigenvalue weighted by atomic mass is 10.2. The molecule has 0 aromatic carbocycles. The maximum Gasteiger partial charge on any atom is 0.253 e. The Morgan fingerprint density at radius 3 is 2.94 bits per heavy atom. The standard InChI is InChI=1S/C11H12N4O/c1-8-2-3-9(4-13-8)11(16)14-6-10-5-12-7-15-10/h2-5,7H,6H2,1H3,(H,12,15)(H,14,16). The fourth-order valence-electron chi connectivity index (χ4n) is 1.26. The predicted molar refractivity (Wildman–Crippen MR) is 58.7 cm³/mol. The van der Waals surface area contributed by atoms with Gasteiger partial charge in [-0.15, -0.1) is 0 Å². The van der Waals surface area contributed by atoms with Gasteiger partial charge in [-0.1, -0.05) is 0 Å². The third-order valence-corrected chi connectivity index (χ3v) is 2.17. The van der Waals surface area contributed by atoms with Crippen LogP contribution in [0.5, 0.6) is 0 Å². The third-order valence-electron chi connectivity index (χ3n) is 2.17. The Balaban J connectivity index is 1.95. The van der Waals surface area contributed by atoms with Gasteiger partial charge in [-0.2, -0.15) is 0 Å². The van der Waals surface area contributed by atoms with E-state index in [1.165, 1.54) is 0 Å². The highest BCUT2D eigenvalue weighted by Crippen LogP contribution is 1.99. The molecule has 0 saturated carbocycles. The average molecular weight is 216 g/mol. The number of aryl methyl sites for hydroxylation is 1. The van der Waals surface area contributed by atoms with Gasteiger partial charge in [-0.3, -0.25) is 9.78 Å². The number of pyridine rings is 1. The molecule has 2 N–H and O–H groups in total. The van der Waals surface area contributed by atoms with E-state index in [1.54, 1.807) is 24.8 Å². The Bertz CT molecular complexity index is 461. The minimum atomic E-state index is -0.137. The predicted octanol–water partition coefficient (Wildman–Crippen LogP) is 1.04. The second kappa shape index (κ2) is 4.57. The number of hydrogen-bond donors (Lipinski definition) is 2. The van der Waals surface area contributed by atoms with Crippen molar-refractivity contribution in [3.05, 3.63) is 47.8 Å². The lowest BCUT2D eigenvalue weighted by Crippen LogP contribution is -2.23. The van der Waals surface area contributed by atoms with E-state index in [-0.39, 0.29) is 5.91 Å². The second-order valence-corrected chi connectivity index (χ2v) is 3.45. The van der Waals surface area contributed by atoms with Crippen molar-refractivity contribution in [3.63, 3.8) is 0 Å². The summed E-state index contributed by atoms with van der Waals surface area (Å²) in [6.07, 6.45) is 4.82. The van der Waals surface area contributed by atoms with Crippen LogP contribution in [0.4, 0.5) is 0 Å². The first-order valence-electron chi connectivity index (χ1n) is 4.94. The molecule has 0 spiro atoms. The van der Waals surface area contributed by atoms with Crippen LogP contribution in [0.1, 0.15) is 21.7 Å². The summed E-state index contributed by atoms with van der Waals surface area (Å²) in [7, 11) is 0. The number of imidazole rings is 1. The molecule has 2 aromatic rings. The number of nitrogens with zero attached hydrogens (tertiary/aromatic N) is 2. The number of aromatic amines is 1. The molecule has 0 bridgehead atoms. The molecule has 0 unspecified atom stereocenters. The van der Waals surface area contributed by atoms with E-state index in [9.17, 15) is 4.79 Å². The molecule has 16 heavy (non-hydrogen) atoms. The van der Waals surface area contributed by atoms with Gasteiger partial charge in [0, 0.05) is 18.1 Å². The molecule has 2 rings (SSSR count). The number of nitrogens with one attached hydrogen (secondary N) is 2. The highest BCUT2D eigenvalue weighted by Gasteiger charge is 2.05. The average Bonchev–Trinajstić information content (AvgIpc) is 2.80. The molecule has 0 fully saturated rings. The lowest BCUT2D eigenvalue weighted by molar-refractivity contribution is 0.0950. The van der Waals surface area contributed by atoms with Gasteiger partial charge in [0.2, 0.25) is 0 Å². The van der Waals surface area contributed by atoms with Crippen LogP contribution in [0.3, 0.4) is 0 Å². The van der Waals surface area contributed by atoms with Crippen LogP contribution in [0.2, 0.25) is 0 Å². The van der Waals surface area contributed by atoms with Crippen molar-refractivity contribution in [3.8, 4) is 0 Å². The smallest absolute Gasteiger partial charge is 0.253 e. The van der Waals surface area contributed by atoms with Gasteiger partial charge in [-0.05, 0) is 19.1 Å². The summed E-state index contributed by atoms with van der Waals surface area (Å²) in [6, 6.07) is 3.57. The first-order chi connectivity index (χ1) is 7.75. The van der Waals surface area contributed by atoms with E-state index in [2.05, 4.69) is 20.3 Å². The first-order valence-corrected chi connectivity index (χ1v) is 4.94. The number of amides is 1. The molecule has 0 aliphatic carbocycles. The molecule has 1 amide bonds. The van der Waals surface area contributed by atoms with Crippen LogP contribution in [-0.2, 0) is 6.54 Å². The van der Waals surface area contributed by atoms with Gasteiger partial charge in [0.1, 0.15) is 0 Å². The summed E-state index contributed by atoms with van der Waals surface area (Å²) < 4.78 is 0. The molecular formula is C11H12N4O. The zero-order valence-electron chi connectivity index (χ0n) is 8.90. The summed E-state index contributed by atoms with van der Waals surface area (Å²) in [5.74, 6) is -0.137. The fraction of sp³-hybridized carbons (Fsp3) is 0.182. The number of aromatic nitrogens is 3. The van der Waals surface area contributed by atoms with Crippen molar-refractivity contribution in [1.82, 2.24) is 20.3 Å². The van der Waals surface area contributed by atoms with Gasteiger partial charge >= 0.3 is 0 Å². The van der Waals surface area contributed by atoms with E-state index in [1.807, 2.05) is 13.0 Å². The molecule has 0 radical (unpaired) electrons. The first kappa shape index (κ1) is 10.4. The van der Waals surface area contributed by atoms with Crippen molar-refractivity contribution >= 4 is 5.91 Å². The molecule has 0 aliphatic heterocycles. The SMILES string of the molecule is Cc1ccc(C(=O)NCc2cnc[nH]2)cn1. The second-order valence-electron chi connectivity index (χ2n) is 3.45. The fourth-order valence-corrected chi connectivity index (χ4v) is 1.26. The Labute approximate surface area is 92.9 Å². The van der Waals surface area contributed by atoms with Crippen molar-refractivity contribution in [2.45, 2.75) is 13.5 Å². The van der Waals surface area contributed by atoms with E-state index in [4.69, 9.17) is 0 Å². The van der Waals surface area contributed by atoms with Crippen LogP contribution in [0, 0.1) is 6.92 Å². The molecular weight excluding hydrogens is 204 g/mol. The Kier molecular flexibility index (Phi) is 2.95. The topological polar surface area (TPSA) is 70.7 Å². The van der Waals surface area contributed by atoms with Gasteiger partial charge in [0.15, 0.2) is 0 Å². The third kappa shape index (κ3) is 2.44. The molecule has 0 aliphatic rings. The molecule has 0 atom stereocenters. The Morgan fingerprint density at radius 2 is 2.31 bits per heavy atom. The van der Waals surface area contributed by atoms with Crippen LogP contribution < -0.4 is 5.32 Å². The molecule has 0 saturated heterocycles. The lowest BCUT2D eigenvalue weighted by Gasteiger charge is -2.03. The quantitative estimate of drug-likeness (QED) is 0.805. The van der Waals surface area contributed by atoms with E-state index >= 15 is 0 Å². The molecule has 2 heterocycles. The monoisotopic (exact) mass is 216 g/mol. The maximum atomic E-state index is 11.7. The summed E-state index contributed by atoms with van der Waals surface area (Å²) in [6.45, 7) is 2.32. The molecule has 2 aromatic heterocycles. The summed E-state index contributed by atoms with van der Waals surface area (Å²) in [5.41, 5.74) is 2.32. The summed E-state index contributed by atoms with van der Waals surface area (Å²) in [4.78, 5) is 22.5. The van der Waals surface area contributed by atoms with E-state index in [0.29, 0.717) is 12.1 Å². The van der Waals surface area contributed by atoms with E-state index < -0.39 is 0 Å². The Hall–Kier alpha value is -2.17. The van der Waals surface area contributed by atoms with Gasteiger partial charge in [0.05, 0.1) is 24.1 Å². The zero-order valence-corrected chi connectivity index (χ0v) is 8.90. The number of carbonyl (C=O) groups is 1. The Morgan fingerprint density at radius 1 is 1.44 bits per heavy atom. The number of H-pyrrole nitrogens is 1. The normalized spacial score (nSPS) is 10.1. The van der Waals surface area contributed by atoms with Gasteiger partial charge in [-0.25, -0.2) is 4.98 Å². The zero-order chi connectivity index (χ0) is 11.4. The van der Waals surface area contributed by atoms with Crippen molar-refractivity contribution in [2.75, 3.05) is 0 Å². The van der Waals surface area contributed by atoms with Gasteiger partial charge in [0.25, 0.3) is 5.91 Å². The van der Waals surface area contributed by atoms with Crippen molar-refractivity contribution in [1.29, 1.82) is 0 Å². The summed E-state index contributed by atoms with van der Waals surface area (Å²) in [5, 5.41) is 2.77. The molecule has 5 heteroatoms. The van der Waals surface area contributed by atoms with Crippen LogP contribution in [-0.4, -0.2) is 20.9 Å². The molecule has 82 valence electrons. The number of carbonyl (C=O) groups excluding carboxylic acids is 1. The van der Waals surface area contributed by atoms with Crippen molar-refractivity contribution in [2.24, 2.45) is 0 Å². The molecule has 5 nitrogen and oxygen atoms in total. The highest BCUT2D eigenvalue weighted by atomic mass is 16.1. The van der Waals surface area contributed by atoms with Crippen molar-refractivity contribution < 1.29 is 4.79 Å². The van der Waals surface area contributed by atoms with Gasteiger partial charge < -0.3 is 10.3 Å². The minimum absolute atomic E-state index is 0.137. The summed E-state index contributed by atoms with van der Waals surface area (Å²) >= 11 is 0. The van der Waals surface area contributed by atoms with Crippen LogP contribution in [0.15, 0.2) is 30.9 Å².